The number of fused-ring (bicyclic) bond motifs is 2. The van der Waals surface area contributed by atoms with Crippen LogP contribution in [0.5, 0.6) is 0 Å². The third-order valence-corrected chi connectivity index (χ3v) is 11.6. The number of H-pyrrole nitrogens is 1. The Labute approximate surface area is 406 Å². The van der Waals surface area contributed by atoms with E-state index in [1.165, 1.54) is 12.4 Å². The molecule has 0 aliphatic heterocycles. The molecule has 0 aliphatic carbocycles. The van der Waals surface area contributed by atoms with Crippen LogP contribution in [0, 0.1) is 13.8 Å². The lowest BCUT2D eigenvalue weighted by molar-refractivity contribution is -0.141. The fourth-order valence-corrected chi connectivity index (χ4v) is 7.30. The van der Waals surface area contributed by atoms with E-state index < -0.39 is 57.3 Å². The summed E-state index contributed by atoms with van der Waals surface area (Å²) in [5.41, 5.74) is -0.292. The van der Waals surface area contributed by atoms with Gasteiger partial charge in [-0.05, 0) is 90.8 Å². The van der Waals surface area contributed by atoms with Gasteiger partial charge < -0.3 is 19.0 Å². The predicted molar refractivity (Wildman–Crippen MR) is 244 cm³/mol. The summed E-state index contributed by atoms with van der Waals surface area (Å²) in [6.07, 6.45) is -6.39. The Hall–Kier alpha value is -4.77. The molecule has 6 aromatic rings. The van der Waals surface area contributed by atoms with Crippen molar-refractivity contribution in [3.05, 3.63) is 113 Å². The number of nitrogens with zero attached hydrogens (tertiary/aromatic N) is 5. The highest BCUT2D eigenvalue weighted by atomic mass is 35.5. The minimum Gasteiger partial charge on any atom is -0.456 e. The van der Waals surface area contributed by atoms with Crippen molar-refractivity contribution < 1.29 is 62.2 Å². The topological polar surface area (TPSA) is 177 Å². The van der Waals surface area contributed by atoms with E-state index in [9.17, 15) is 44.3 Å². The number of pyridine rings is 4. The number of halogens is 10. The Morgan fingerprint density at radius 2 is 1.10 bits per heavy atom. The summed E-state index contributed by atoms with van der Waals surface area (Å²) in [4.78, 5) is 43.2. The van der Waals surface area contributed by atoms with Crippen LogP contribution in [0.4, 0.5) is 26.3 Å². The van der Waals surface area contributed by atoms with Crippen LogP contribution in [0.2, 0.25) is 20.4 Å². The summed E-state index contributed by atoms with van der Waals surface area (Å²) < 4.78 is 118. The summed E-state index contributed by atoms with van der Waals surface area (Å²) in [6, 6.07) is 5.40. The molecule has 14 nitrogen and oxygen atoms in total. The maximum atomic E-state index is 13.2. The van der Waals surface area contributed by atoms with Gasteiger partial charge in [0, 0.05) is 65.6 Å². The first-order chi connectivity index (χ1) is 31.1. The maximum Gasteiger partial charge on any atom is 0.433 e. The van der Waals surface area contributed by atoms with E-state index in [4.69, 9.17) is 55.9 Å². The van der Waals surface area contributed by atoms with E-state index in [2.05, 4.69) is 33.3 Å². The molecular formula is C43H44Cl4F6N6O8S. The number of carbonyl (C=O) groups excluding carboxylic acids is 2. The summed E-state index contributed by atoms with van der Waals surface area (Å²) in [5.74, 6) is -1.30. The van der Waals surface area contributed by atoms with E-state index in [1.54, 1.807) is 79.1 Å². The standard InChI is InChI=1S/C21H20Cl2F3N3O2.C20H18Cl2F3N3O2.C2H6O4S/c1-10-6-15(21(24,25)26)28-18-12(10)7-11(29(18)5)8-13-16(22)14(9-27-17(13)23)19(30)31-20(2,3)4;1-9-5-14(20(23,24)25)28-17-11(9)6-10(27-17)7-12-15(21)13(8-26-16(12)22)18(29)30-19(2,3)4;1-5-7(3,4)6-2/h6-7,9H,8H2,1-5H3;5-6,8H,7H2,1-4H3,(H,27,28);1-2H3. The van der Waals surface area contributed by atoms with E-state index in [0.29, 0.717) is 44.4 Å². The molecule has 0 amide bonds. The highest BCUT2D eigenvalue weighted by Crippen LogP contribution is 2.36. The third-order valence-electron chi connectivity index (χ3n) is 9.23. The smallest absolute Gasteiger partial charge is 0.433 e. The first-order valence-corrected chi connectivity index (χ1v) is 22.5. The van der Waals surface area contributed by atoms with Gasteiger partial charge in [-0.1, -0.05) is 46.4 Å². The Morgan fingerprint density at radius 1 is 0.676 bits per heavy atom. The molecule has 0 aliphatic rings. The molecule has 6 rings (SSSR count). The molecule has 0 atom stereocenters. The molecule has 25 heteroatoms. The Kier molecular flexibility index (Phi) is 17.3. The van der Waals surface area contributed by atoms with Crippen LogP contribution in [0.3, 0.4) is 0 Å². The number of aromatic nitrogens is 6. The largest absolute Gasteiger partial charge is 0.456 e. The van der Waals surface area contributed by atoms with Crippen molar-refractivity contribution in [3.8, 4) is 0 Å². The number of esters is 2. The van der Waals surface area contributed by atoms with Gasteiger partial charge in [0.05, 0.1) is 35.4 Å². The Bertz CT molecular complexity index is 2970. The van der Waals surface area contributed by atoms with Gasteiger partial charge in [-0.2, -0.15) is 34.8 Å². The van der Waals surface area contributed by atoms with Crippen molar-refractivity contribution in [2.24, 2.45) is 7.05 Å². The quantitative estimate of drug-likeness (QED) is 0.0868. The summed E-state index contributed by atoms with van der Waals surface area (Å²) in [7, 11) is 0.00418. The number of hydrogen-bond donors (Lipinski definition) is 1. The number of aromatic amines is 1. The van der Waals surface area contributed by atoms with Crippen molar-refractivity contribution in [3.63, 3.8) is 0 Å². The number of ether oxygens (including phenoxy) is 2. The molecular weight excluding hydrogens is 1020 g/mol. The fourth-order valence-electron chi connectivity index (χ4n) is 6.09. The van der Waals surface area contributed by atoms with Crippen LogP contribution in [0.25, 0.3) is 22.1 Å². The van der Waals surface area contributed by atoms with Gasteiger partial charge in [0.25, 0.3) is 0 Å². The number of aryl methyl sites for hydroxylation is 3. The van der Waals surface area contributed by atoms with Gasteiger partial charge in [0.2, 0.25) is 0 Å². The zero-order chi connectivity index (χ0) is 51.6. The van der Waals surface area contributed by atoms with Crippen molar-refractivity contribution in [2.75, 3.05) is 14.2 Å². The van der Waals surface area contributed by atoms with E-state index in [1.807, 2.05) is 0 Å². The minimum absolute atomic E-state index is 0.0516. The Balaban J connectivity index is 0.000000260. The molecule has 0 unspecified atom stereocenters. The van der Waals surface area contributed by atoms with Crippen LogP contribution in [-0.4, -0.2) is 75.3 Å². The van der Waals surface area contributed by atoms with Gasteiger partial charge in [0.1, 0.15) is 44.2 Å². The molecule has 0 radical (unpaired) electrons. The molecule has 0 bridgehead atoms. The van der Waals surface area contributed by atoms with Crippen LogP contribution >= 0.6 is 46.4 Å². The second-order valence-electron chi connectivity index (χ2n) is 16.7. The second-order valence-corrected chi connectivity index (χ2v) is 19.7. The first-order valence-electron chi connectivity index (χ1n) is 19.7. The van der Waals surface area contributed by atoms with Crippen molar-refractivity contribution >= 4 is 90.8 Å². The number of hydrogen-bond acceptors (Lipinski definition) is 12. The molecule has 6 aromatic heterocycles. The van der Waals surface area contributed by atoms with Crippen molar-refractivity contribution in [1.82, 2.24) is 29.5 Å². The number of carbonyl (C=O) groups is 2. The SMILES string of the molecule is COS(=O)(=O)OC.Cc1cc(C(F)(F)F)nc2[nH]c(Cc3c(Cl)ncc(C(=O)OC(C)(C)C)c3Cl)cc12.Cc1cc(C(F)(F)F)nc2c1cc(Cc1c(Cl)ncc(C(=O)OC(C)(C)C)c1Cl)n2C. The van der Waals surface area contributed by atoms with Crippen molar-refractivity contribution in [2.45, 2.75) is 91.8 Å². The van der Waals surface area contributed by atoms with Gasteiger partial charge in [0.15, 0.2) is 0 Å². The van der Waals surface area contributed by atoms with E-state index >= 15 is 0 Å². The van der Waals surface area contributed by atoms with Crippen LogP contribution in [0.15, 0.2) is 36.7 Å². The lowest BCUT2D eigenvalue weighted by atomic mass is 10.1. The van der Waals surface area contributed by atoms with Crippen LogP contribution in [0.1, 0.15) is 107 Å². The maximum absolute atomic E-state index is 13.2. The first kappa shape index (κ1) is 55.8. The fraction of sp³-hybridized carbons (Fsp3) is 0.395. The molecule has 0 spiro atoms. The number of nitrogens with one attached hydrogen (secondary N) is 1. The lowest BCUT2D eigenvalue weighted by Crippen LogP contribution is -2.24. The number of rotatable bonds is 8. The third kappa shape index (κ3) is 14.2. The molecule has 370 valence electrons. The van der Waals surface area contributed by atoms with Crippen molar-refractivity contribution in [1.29, 1.82) is 0 Å². The van der Waals surface area contributed by atoms with E-state index in [-0.39, 0.29) is 55.6 Å². The van der Waals surface area contributed by atoms with E-state index in [0.717, 1.165) is 26.4 Å². The average Bonchev–Trinajstić information content (AvgIpc) is 3.77. The molecule has 0 saturated carbocycles. The van der Waals surface area contributed by atoms with Crippen LogP contribution in [-0.2, 0) is 60.5 Å². The number of alkyl halides is 6. The summed E-state index contributed by atoms with van der Waals surface area (Å²) in [5, 5.41) is 1.44. The highest BCUT2D eigenvalue weighted by Gasteiger charge is 2.35. The summed E-state index contributed by atoms with van der Waals surface area (Å²) in [6.45, 7) is 13.5. The molecule has 0 fully saturated rings. The van der Waals surface area contributed by atoms with Gasteiger partial charge in [-0.25, -0.2) is 29.5 Å². The molecule has 6 heterocycles. The molecule has 1 N–H and O–H groups in total. The normalized spacial score (nSPS) is 12.4. The highest BCUT2D eigenvalue weighted by molar-refractivity contribution is 7.81. The average molecular weight is 1060 g/mol. The lowest BCUT2D eigenvalue weighted by Gasteiger charge is -2.20. The monoisotopic (exact) mass is 1060 g/mol. The molecule has 0 aromatic carbocycles. The van der Waals surface area contributed by atoms with Gasteiger partial charge >= 0.3 is 34.7 Å². The zero-order valence-electron chi connectivity index (χ0n) is 38.1. The molecule has 0 saturated heterocycles. The zero-order valence-corrected chi connectivity index (χ0v) is 41.9. The van der Waals surface area contributed by atoms with Gasteiger partial charge in [-0.15, -0.1) is 0 Å². The predicted octanol–water partition coefficient (Wildman–Crippen LogP) is 11.8. The van der Waals surface area contributed by atoms with Crippen LogP contribution < -0.4 is 0 Å². The summed E-state index contributed by atoms with van der Waals surface area (Å²) >= 11 is 25.3. The Morgan fingerprint density at radius 3 is 1.51 bits per heavy atom. The van der Waals surface area contributed by atoms with Gasteiger partial charge in [-0.3, -0.25) is 8.37 Å². The molecule has 68 heavy (non-hydrogen) atoms. The second kappa shape index (κ2) is 21.1. The minimum atomic E-state index is -4.55.